The van der Waals surface area contributed by atoms with E-state index >= 15 is 0 Å². The summed E-state index contributed by atoms with van der Waals surface area (Å²) in [5.41, 5.74) is 7.82. The first-order chi connectivity index (χ1) is 5.79. The smallest absolute Gasteiger partial charge is 0.259 e. The van der Waals surface area contributed by atoms with Crippen LogP contribution in [0, 0.1) is 0 Å². The molecule has 2 nitrogen and oxygen atoms in total. The first-order valence-electron chi connectivity index (χ1n) is 4.18. The highest BCUT2D eigenvalue weighted by Crippen LogP contribution is 2.29. The number of hydrogen-bond donors (Lipinski definition) is 1. The van der Waals surface area contributed by atoms with Crippen LogP contribution in [0.5, 0.6) is 0 Å². The van der Waals surface area contributed by atoms with Crippen LogP contribution in [-0.2, 0) is 12.8 Å². The second-order valence-corrected chi connectivity index (χ2v) is 4.02. The van der Waals surface area contributed by atoms with Gasteiger partial charge in [0.1, 0.15) is 0 Å². The van der Waals surface area contributed by atoms with E-state index in [-0.39, 0.29) is 5.91 Å². The first-order valence-corrected chi connectivity index (χ1v) is 5.06. The van der Waals surface area contributed by atoms with Crippen LogP contribution in [0.4, 0.5) is 0 Å². The van der Waals surface area contributed by atoms with Gasteiger partial charge in [0.2, 0.25) is 0 Å². The Labute approximate surface area is 75.4 Å². The van der Waals surface area contributed by atoms with E-state index in [0.717, 1.165) is 17.7 Å². The summed E-state index contributed by atoms with van der Waals surface area (Å²) >= 11 is 1.50. The zero-order chi connectivity index (χ0) is 8.55. The summed E-state index contributed by atoms with van der Waals surface area (Å²) in [6, 6.07) is 0. The summed E-state index contributed by atoms with van der Waals surface area (Å²) in [7, 11) is 0. The molecule has 0 spiro atoms. The molecule has 1 aromatic rings. The monoisotopic (exact) mass is 181 g/mol. The van der Waals surface area contributed by atoms with Crippen molar-refractivity contribution in [1.82, 2.24) is 0 Å². The number of thiophene rings is 1. The lowest BCUT2D eigenvalue weighted by Gasteiger charge is -2.11. The summed E-state index contributed by atoms with van der Waals surface area (Å²) in [4.78, 5) is 11.7. The normalized spacial score (nSPS) is 15.7. The fourth-order valence-corrected chi connectivity index (χ4v) is 2.74. The predicted molar refractivity (Wildman–Crippen MR) is 49.5 cm³/mol. The van der Waals surface area contributed by atoms with Crippen molar-refractivity contribution in [3.63, 3.8) is 0 Å². The Hall–Kier alpha value is -0.830. The summed E-state index contributed by atoms with van der Waals surface area (Å²) < 4.78 is 0. The maximum Gasteiger partial charge on any atom is 0.259 e. The minimum absolute atomic E-state index is 0.261. The molecule has 1 aliphatic rings. The quantitative estimate of drug-likeness (QED) is 0.704. The Bertz CT molecular complexity index is 316. The Balaban J connectivity index is 2.44. The van der Waals surface area contributed by atoms with Crippen LogP contribution >= 0.6 is 11.3 Å². The molecule has 1 amide bonds. The van der Waals surface area contributed by atoms with Gasteiger partial charge >= 0.3 is 0 Å². The number of aryl methyl sites for hydroxylation is 1. The molecule has 0 fully saturated rings. The average molecular weight is 181 g/mol. The van der Waals surface area contributed by atoms with E-state index < -0.39 is 0 Å². The number of amides is 1. The molecule has 0 saturated heterocycles. The van der Waals surface area contributed by atoms with Gasteiger partial charge in [0.25, 0.3) is 5.91 Å². The van der Waals surface area contributed by atoms with E-state index in [2.05, 4.69) is 5.38 Å². The fraction of sp³-hybridized carbons (Fsp3) is 0.444. The Morgan fingerprint density at radius 2 is 2.17 bits per heavy atom. The van der Waals surface area contributed by atoms with Gasteiger partial charge in [-0.3, -0.25) is 4.79 Å². The average Bonchev–Trinajstić information content (AvgIpc) is 2.47. The number of primary amides is 1. The molecular formula is C9H11NOS. The van der Waals surface area contributed by atoms with Crippen LogP contribution in [-0.4, -0.2) is 5.91 Å². The molecular weight excluding hydrogens is 170 g/mol. The zero-order valence-electron chi connectivity index (χ0n) is 6.80. The highest BCUT2D eigenvalue weighted by atomic mass is 32.1. The highest BCUT2D eigenvalue weighted by molar-refractivity contribution is 7.12. The highest BCUT2D eigenvalue weighted by Gasteiger charge is 2.17. The number of carbonyl (C=O) groups excluding carboxylic acids is 1. The molecule has 64 valence electrons. The molecule has 3 heteroatoms. The van der Waals surface area contributed by atoms with Crippen molar-refractivity contribution < 1.29 is 4.79 Å². The molecule has 0 aliphatic heterocycles. The second-order valence-electron chi connectivity index (χ2n) is 3.14. The van der Waals surface area contributed by atoms with Crippen LogP contribution in [0.1, 0.15) is 33.6 Å². The van der Waals surface area contributed by atoms with Crippen LogP contribution in [0.25, 0.3) is 0 Å². The van der Waals surface area contributed by atoms with E-state index in [1.807, 2.05) is 0 Å². The maximum atomic E-state index is 11.0. The van der Waals surface area contributed by atoms with E-state index in [9.17, 15) is 4.79 Å². The molecule has 0 radical (unpaired) electrons. The third-order valence-electron chi connectivity index (χ3n) is 2.33. The van der Waals surface area contributed by atoms with Crippen LogP contribution in [0.15, 0.2) is 5.38 Å². The topological polar surface area (TPSA) is 43.1 Å². The number of hydrogen-bond acceptors (Lipinski definition) is 2. The summed E-state index contributed by atoms with van der Waals surface area (Å²) in [6.07, 6.45) is 4.61. The van der Waals surface area contributed by atoms with Gasteiger partial charge in [0, 0.05) is 0 Å². The van der Waals surface area contributed by atoms with Crippen LogP contribution in [0.3, 0.4) is 0 Å². The third kappa shape index (κ3) is 1.14. The molecule has 0 saturated carbocycles. The Kier molecular flexibility index (Phi) is 1.89. The van der Waals surface area contributed by atoms with Crippen molar-refractivity contribution in [2.75, 3.05) is 0 Å². The van der Waals surface area contributed by atoms with Crippen molar-refractivity contribution in [2.24, 2.45) is 5.73 Å². The van der Waals surface area contributed by atoms with Gasteiger partial charge in [0.15, 0.2) is 0 Å². The maximum absolute atomic E-state index is 11.0. The first kappa shape index (κ1) is 7.80. The Morgan fingerprint density at radius 3 is 2.92 bits per heavy atom. The lowest BCUT2D eigenvalue weighted by atomic mass is 9.94. The van der Waals surface area contributed by atoms with Crippen LogP contribution in [0.2, 0.25) is 0 Å². The summed E-state index contributed by atoms with van der Waals surface area (Å²) in [6.45, 7) is 0. The standard InChI is InChI=1S/C9H11NOS/c10-9(11)8-7-4-2-1-3-6(7)5-12-8/h5H,1-4H2,(H2,10,11). The molecule has 0 atom stereocenters. The SMILES string of the molecule is NC(=O)c1scc2c1CCCC2. The van der Waals surface area contributed by atoms with Crippen molar-refractivity contribution in [3.05, 3.63) is 21.4 Å². The second kappa shape index (κ2) is 2.90. The number of carbonyl (C=O) groups is 1. The van der Waals surface area contributed by atoms with Crippen molar-refractivity contribution >= 4 is 17.2 Å². The molecule has 12 heavy (non-hydrogen) atoms. The van der Waals surface area contributed by atoms with Gasteiger partial charge in [-0.05, 0) is 42.2 Å². The van der Waals surface area contributed by atoms with Gasteiger partial charge in [-0.2, -0.15) is 0 Å². The lowest BCUT2D eigenvalue weighted by molar-refractivity contribution is 0.100. The minimum atomic E-state index is -0.261. The molecule has 2 N–H and O–H groups in total. The zero-order valence-corrected chi connectivity index (χ0v) is 7.62. The number of fused-ring (bicyclic) bond motifs is 1. The lowest BCUT2D eigenvalue weighted by Crippen LogP contribution is -2.13. The summed E-state index contributed by atoms with van der Waals surface area (Å²) in [5, 5.41) is 2.08. The number of nitrogens with two attached hydrogens (primary N) is 1. The largest absolute Gasteiger partial charge is 0.365 e. The van der Waals surface area contributed by atoms with Gasteiger partial charge < -0.3 is 5.73 Å². The molecule has 1 aliphatic carbocycles. The van der Waals surface area contributed by atoms with Gasteiger partial charge in [-0.1, -0.05) is 0 Å². The van der Waals surface area contributed by atoms with E-state index in [4.69, 9.17) is 5.73 Å². The molecule has 2 rings (SSSR count). The van der Waals surface area contributed by atoms with Crippen LogP contribution < -0.4 is 5.73 Å². The molecule has 1 heterocycles. The molecule has 0 unspecified atom stereocenters. The summed E-state index contributed by atoms with van der Waals surface area (Å²) in [5.74, 6) is -0.261. The van der Waals surface area contributed by atoms with E-state index in [1.165, 1.54) is 35.3 Å². The molecule has 0 aromatic carbocycles. The van der Waals surface area contributed by atoms with Crippen molar-refractivity contribution in [1.29, 1.82) is 0 Å². The van der Waals surface area contributed by atoms with Crippen molar-refractivity contribution in [3.8, 4) is 0 Å². The van der Waals surface area contributed by atoms with Gasteiger partial charge in [0.05, 0.1) is 4.88 Å². The Morgan fingerprint density at radius 1 is 1.42 bits per heavy atom. The fourth-order valence-electron chi connectivity index (χ4n) is 1.73. The molecule has 0 bridgehead atoms. The predicted octanol–water partition coefficient (Wildman–Crippen LogP) is 1.73. The van der Waals surface area contributed by atoms with Gasteiger partial charge in [-0.25, -0.2) is 0 Å². The van der Waals surface area contributed by atoms with Crippen molar-refractivity contribution in [2.45, 2.75) is 25.7 Å². The molecule has 1 aromatic heterocycles. The minimum Gasteiger partial charge on any atom is -0.365 e. The van der Waals surface area contributed by atoms with Gasteiger partial charge in [-0.15, -0.1) is 11.3 Å². The van der Waals surface area contributed by atoms with E-state index in [1.54, 1.807) is 0 Å². The number of rotatable bonds is 1. The third-order valence-corrected chi connectivity index (χ3v) is 3.41. The van der Waals surface area contributed by atoms with E-state index in [0.29, 0.717) is 0 Å².